The quantitative estimate of drug-likeness (QED) is 0.0801. The predicted molar refractivity (Wildman–Crippen MR) is 196 cm³/mol. The first kappa shape index (κ1) is 45.3. The van der Waals surface area contributed by atoms with Gasteiger partial charge in [-0.3, -0.25) is 23.9 Å². The summed E-state index contributed by atoms with van der Waals surface area (Å²) in [5.41, 5.74) is -0.523. The molecule has 3 rings (SSSR count). The van der Waals surface area contributed by atoms with Crippen molar-refractivity contribution in [2.45, 2.75) is 150 Å². The van der Waals surface area contributed by atoms with E-state index in [1.165, 1.54) is 25.3 Å². The third kappa shape index (κ3) is 16.6. The fourth-order valence-corrected chi connectivity index (χ4v) is 5.47. The Morgan fingerprint density at radius 2 is 1.46 bits per heavy atom. The maximum Gasteiger partial charge on any atom is 0.316 e. The lowest BCUT2D eigenvalue weighted by molar-refractivity contribution is -0.138. The Morgan fingerprint density at radius 3 is 1.92 bits per heavy atom. The molecule has 1 saturated heterocycles. The van der Waals surface area contributed by atoms with Gasteiger partial charge in [0, 0.05) is 19.0 Å². The zero-order valence-corrected chi connectivity index (χ0v) is 31.8. The van der Waals surface area contributed by atoms with Gasteiger partial charge in [0.2, 0.25) is 11.7 Å². The molecule has 0 aromatic heterocycles. The number of likely N-dealkylation sites (tertiary alicyclic amines) is 1. The average molecular weight is 696 g/mol. The number of carbonyl (C=O) groups is 6. The molecule has 1 heterocycles. The van der Waals surface area contributed by atoms with Crippen LogP contribution in [-0.4, -0.2) is 77.9 Å². The molecule has 0 radical (unpaired) electrons. The standard InChI is InChI=1S/C23H37N3O4.C7H12N2O2S.2C3H8/c1-23(2,3)20(21(29)26-13-7-10-17(26)14-27)25-22(30)24-18(19(28)16-11-12-16)15-8-5-4-6-9-15;1-3-4-8-7(11)6(10)5(2)9-12;2*1-3-2/h14-18,20H,4-13H2,1-3H3,(H2,24,25,30);3,5,9,12H,1,4H2,2H3,(H,8,11);2*3H2,1-2H3. The van der Waals surface area contributed by atoms with Crippen molar-refractivity contribution in [2.24, 2.45) is 17.3 Å². The second-order valence-corrected chi connectivity index (χ2v) is 14.2. The summed E-state index contributed by atoms with van der Waals surface area (Å²) in [7, 11) is 0. The van der Waals surface area contributed by atoms with Crippen LogP contribution in [0.15, 0.2) is 12.7 Å². The molecular weight excluding hydrogens is 630 g/mol. The average Bonchev–Trinajstić information content (AvgIpc) is 3.80. The van der Waals surface area contributed by atoms with Gasteiger partial charge in [0.15, 0.2) is 5.78 Å². The largest absolute Gasteiger partial charge is 0.346 e. The number of urea groups is 1. The second-order valence-electron chi connectivity index (χ2n) is 14.0. The van der Waals surface area contributed by atoms with Crippen molar-refractivity contribution < 1.29 is 28.8 Å². The summed E-state index contributed by atoms with van der Waals surface area (Å²) in [5.74, 6) is -0.975. The minimum atomic E-state index is -0.763. The molecule has 48 heavy (non-hydrogen) atoms. The first-order valence-corrected chi connectivity index (χ1v) is 18.3. The van der Waals surface area contributed by atoms with E-state index in [9.17, 15) is 28.8 Å². The Kier molecular flexibility index (Phi) is 23.0. The van der Waals surface area contributed by atoms with Crippen LogP contribution in [0.5, 0.6) is 0 Å². The molecule has 0 spiro atoms. The van der Waals surface area contributed by atoms with Gasteiger partial charge in [0.1, 0.15) is 12.3 Å². The zero-order chi connectivity index (χ0) is 36.9. The molecule has 4 atom stereocenters. The molecule has 2 aliphatic carbocycles. The molecule has 0 bridgehead atoms. The molecule has 276 valence electrons. The lowest BCUT2D eigenvalue weighted by atomic mass is 9.81. The fourth-order valence-electron chi connectivity index (χ4n) is 5.35. The maximum absolute atomic E-state index is 13.2. The Hall–Kier alpha value is -2.73. The molecule has 11 nitrogen and oxygen atoms in total. The van der Waals surface area contributed by atoms with Crippen molar-refractivity contribution in [3.8, 4) is 0 Å². The Morgan fingerprint density at radius 1 is 0.896 bits per heavy atom. The number of carbonyl (C=O) groups excluding carboxylic acids is 6. The molecule has 4 amide bonds. The normalized spacial score (nSPS) is 19.2. The van der Waals surface area contributed by atoms with Crippen LogP contribution in [0, 0.1) is 17.3 Å². The molecule has 4 N–H and O–H groups in total. The van der Waals surface area contributed by atoms with Crippen LogP contribution in [0.1, 0.15) is 126 Å². The molecule has 12 heteroatoms. The number of hydrogen-bond donors (Lipinski definition) is 5. The van der Waals surface area contributed by atoms with Crippen molar-refractivity contribution in [1.29, 1.82) is 0 Å². The molecule has 3 fully saturated rings. The minimum absolute atomic E-state index is 0.0789. The van der Waals surface area contributed by atoms with E-state index in [0.29, 0.717) is 19.5 Å². The van der Waals surface area contributed by atoms with E-state index in [-0.39, 0.29) is 23.5 Å². The van der Waals surface area contributed by atoms with Crippen molar-refractivity contribution in [3.63, 3.8) is 0 Å². The van der Waals surface area contributed by atoms with Gasteiger partial charge in [-0.1, -0.05) is 99.5 Å². The van der Waals surface area contributed by atoms with Gasteiger partial charge >= 0.3 is 6.03 Å². The molecular formula is C36H65N5O6S. The highest BCUT2D eigenvalue weighted by atomic mass is 32.1. The summed E-state index contributed by atoms with van der Waals surface area (Å²) in [6, 6.07) is -2.68. The van der Waals surface area contributed by atoms with E-state index in [1.807, 2.05) is 20.8 Å². The monoisotopic (exact) mass is 695 g/mol. The molecule has 3 aliphatic rings. The highest BCUT2D eigenvalue weighted by molar-refractivity contribution is 7.78. The number of Topliss-reactive ketones (excluding diaryl/α,β-unsaturated/α-hetero) is 2. The van der Waals surface area contributed by atoms with Crippen molar-refractivity contribution in [1.82, 2.24) is 25.6 Å². The third-order valence-corrected chi connectivity index (χ3v) is 8.43. The molecule has 0 aromatic rings. The molecule has 4 unspecified atom stereocenters. The molecule has 1 aliphatic heterocycles. The number of hydrogen-bond acceptors (Lipinski definition) is 8. The van der Waals surface area contributed by atoms with Gasteiger partial charge in [0.25, 0.3) is 5.91 Å². The van der Waals surface area contributed by atoms with E-state index in [1.54, 1.807) is 11.8 Å². The number of nitrogens with zero attached hydrogens (tertiary/aromatic N) is 1. The number of thiol groups is 1. The number of rotatable bonds is 12. The first-order chi connectivity index (χ1) is 22.7. The van der Waals surface area contributed by atoms with Crippen LogP contribution in [-0.2, 0) is 24.0 Å². The number of aldehydes is 1. The zero-order valence-electron chi connectivity index (χ0n) is 30.9. The van der Waals surface area contributed by atoms with Gasteiger partial charge in [-0.15, -0.1) is 6.58 Å². The molecule has 2 saturated carbocycles. The van der Waals surface area contributed by atoms with Gasteiger partial charge in [-0.05, 0) is 56.8 Å². The highest BCUT2D eigenvalue weighted by Crippen LogP contribution is 2.35. The highest BCUT2D eigenvalue weighted by Gasteiger charge is 2.42. The molecule has 0 aromatic carbocycles. The summed E-state index contributed by atoms with van der Waals surface area (Å²) in [4.78, 5) is 73.9. The SMILES string of the molecule is C=CCNC(=O)C(=O)C(C)NS.CC(C)(C)C(NC(=O)NC(C(=O)C1CC1)C1CCCCC1)C(=O)N1CCCC1C=O.CCC.CCC. The maximum atomic E-state index is 13.2. The summed E-state index contributed by atoms with van der Waals surface area (Å²) in [5, 5.41) is 8.16. The Balaban J connectivity index is 0.00000102. The van der Waals surface area contributed by atoms with E-state index >= 15 is 0 Å². The van der Waals surface area contributed by atoms with Crippen LogP contribution in [0.3, 0.4) is 0 Å². The number of ketones is 2. The summed E-state index contributed by atoms with van der Waals surface area (Å²) in [6.07, 6.45) is 13.4. The van der Waals surface area contributed by atoms with E-state index < -0.39 is 47.3 Å². The topological polar surface area (TPSA) is 154 Å². The number of amides is 4. The summed E-state index contributed by atoms with van der Waals surface area (Å²) < 4.78 is 2.38. The van der Waals surface area contributed by atoms with Crippen LogP contribution in [0.25, 0.3) is 0 Å². The van der Waals surface area contributed by atoms with Gasteiger partial charge in [0.05, 0.1) is 18.1 Å². The van der Waals surface area contributed by atoms with Gasteiger partial charge < -0.3 is 25.6 Å². The van der Waals surface area contributed by atoms with E-state index in [4.69, 9.17) is 0 Å². The van der Waals surface area contributed by atoms with Crippen LogP contribution < -0.4 is 20.7 Å². The smallest absolute Gasteiger partial charge is 0.316 e. The minimum Gasteiger partial charge on any atom is -0.346 e. The van der Waals surface area contributed by atoms with Crippen molar-refractivity contribution >= 4 is 48.5 Å². The summed E-state index contributed by atoms with van der Waals surface area (Å²) in [6.45, 7) is 20.0. The Bertz CT molecular complexity index is 1020. The van der Waals surface area contributed by atoms with Crippen molar-refractivity contribution in [3.05, 3.63) is 12.7 Å². The first-order valence-electron chi connectivity index (χ1n) is 17.9. The summed E-state index contributed by atoms with van der Waals surface area (Å²) >= 11 is 3.67. The lowest BCUT2D eigenvalue weighted by Gasteiger charge is -2.36. The second kappa shape index (κ2) is 24.4. The van der Waals surface area contributed by atoms with Crippen LogP contribution >= 0.6 is 12.8 Å². The predicted octanol–water partition coefficient (Wildman–Crippen LogP) is 5.33. The van der Waals surface area contributed by atoms with Gasteiger partial charge in [-0.2, -0.15) is 0 Å². The van der Waals surface area contributed by atoms with Gasteiger partial charge in [-0.25, -0.2) is 4.79 Å². The van der Waals surface area contributed by atoms with E-state index in [2.05, 4.69) is 67.8 Å². The van der Waals surface area contributed by atoms with Crippen LogP contribution in [0.2, 0.25) is 0 Å². The fraction of sp³-hybridized carbons (Fsp3) is 0.778. The lowest BCUT2D eigenvalue weighted by Crippen LogP contribution is -2.60. The Labute approximate surface area is 295 Å². The van der Waals surface area contributed by atoms with Crippen molar-refractivity contribution in [2.75, 3.05) is 13.1 Å². The van der Waals surface area contributed by atoms with Crippen LogP contribution in [0.4, 0.5) is 4.79 Å². The van der Waals surface area contributed by atoms with E-state index in [0.717, 1.165) is 51.2 Å². The third-order valence-electron chi connectivity index (χ3n) is 8.04. The number of nitrogens with one attached hydrogen (secondary N) is 4.